The van der Waals surface area contributed by atoms with Gasteiger partial charge in [0.25, 0.3) is 0 Å². The number of nitrogens with two attached hydrogens (primary N) is 1. The van der Waals surface area contributed by atoms with Crippen molar-refractivity contribution in [1.82, 2.24) is 0 Å². The van der Waals surface area contributed by atoms with E-state index in [1.807, 2.05) is 12.1 Å². The zero-order valence-electron chi connectivity index (χ0n) is 9.81. The van der Waals surface area contributed by atoms with Crippen molar-refractivity contribution in [2.75, 3.05) is 5.73 Å². The maximum absolute atomic E-state index is 13.7. The second-order valence-electron chi connectivity index (χ2n) is 4.08. The van der Waals surface area contributed by atoms with Gasteiger partial charge in [-0.2, -0.15) is 0 Å². The lowest BCUT2D eigenvalue weighted by atomic mass is 10.2. The summed E-state index contributed by atoms with van der Waals surface area (Å²) in [6.45, 7) is 0. The van der Waals surface area contributed by atoms with E-state index in [-0.39, 0.29) is 16.3 Å². The van der Waals surface area contributed by atoms with Gasteiger partial charge in [0.05, 0.1) is 5.75 Å². The molecule has 0 amide bonds. The van der Waals surface area contributed by atoms with Crippen molar-refractivity contribution in [3.05, 3.63) is 57.4 Å². The van der Waals surface area contributed by atoms with E-state index >= 15 is 0 Å². The fourth-order valence-corrected chi connectivity index (χ4v) is 3.42. The molecule has 2 rings (SSSR count). The van der Waals surface area contributed by atoms with Crippen LogP contribution in [0.2, 0.25) is 0 Å². The van der Waals surface area contributed by atoms with Crippen LogP contribution in [0.1, 0.15) is 5.56 Å². The molecule has 0 aliphatic carbocycles. The van der Waals surface area contributed by atoms with Crippen molar-refractivity contribution in [3.63, 3.8) is 0 Å². The molecule has 100 valence electrons. The summed E-state index contributed by atoms with van der Waals surface area (Å²) in [6.07, 6.45) is 0. The number of benzene rings is 2. The number of halogens is 2. The molecule has 0 saturated heterocycles. The molecule has 0 saturated carbocycles. The first-order chi connectivity index (χ1) is 8.88. The molecule has 2 N–H and O–H groups in total. The van der Waals surface area contributed by atoms with Gasteiger partial charge in [0.1, 0.15) is 10.7 Å². The normalized spacial score (nSPS) is 11.5. The minimum absolute atomic E-state index is 0.200. The molecule has 0 fully saturated rings. The Hall–Kier alpha value is -1.15. The van der Waals surface area contributed by atoms with Gasteiger partial charge in [-0.3, -0.25) is 0 Å². The van der Waals surface area contributed by atoms with E-state index in [0.29, 0.717) is 5.56 Å². The van der Waals surface area contributed by atoms with Crippen LogP contribution >= 0.6 is 22.6 Å². The monoisotopic (exact) mass is 391 g/mol. The number of sulfone groups is 1. The summed E-state index contributed by atoms with van der Waals surface area (Å²) in [7, 11) is -3.71. The van der Waals surface area contributed by atoms with Crippen molar-refractivity contribution in [1.29, 1.82) is 0 Å². The molecular formula is C13H11FINO2S. The maximum Gasteiger partial charge on any atom is 0.185 e. The highest BCUT2D eigenvalue weighted by Gasteiger charge is 2.19. The highest BCUT2D eigenvalue weighted by molar-refractivity contribution is 14.1. The summed E-state index contributed by atoms with van der Waals surface area (Å²) in [5, 5.41) is 0. The Kier molecular flexibility index (Phi) is 4.10. The molecule has 0 atom stereocenters. The first-order valence-corrected chi connectivity index (χ1v) is 8.14. The van der Waals surface area contributed by atoms with Crippen LogP contribution in [0.4, 0.5) is 10.1 Å². The van der Waals surface area contributed by atoms with Gasteiger partial charge in [-0.15, -0.1) is 0 Å². The van der Waals surface area contributed by atoms with Crippen LogP contribution in [0.5, 0.6) is 0 Å². The fourth-order valence-electron chi connectivity index (χ4n) is 1.65. The number of hydrogen-bond acceptors (Lipinski definition) is 3. The first kappa shape index (κ1) is 14.3. The van der Waals surface area contributed by atoms with E-state index in [4.69, 9.17) is 5.73 Å². The summed E-state index contributed by atoms with van der Waals surface area (Å²) in [5.41, 5.74) is 6.23. The largest absolute Gasteiger partial charge is 0.399 e. The molecule has 0 radical (unpaired) electrons. The Balaban J connectivity index is 2.35. The topological polar surface area (TPSA) is 60.2 Å². The summed E-state index contributed by atoms with van der Waals surface area (Å²) in [4.78, 5) is -0.319. The van der Waals surface area contributed by atoms with Crippen LogP contribution in [0.25, 0.3) is 0 Å². The van der Waals surface area contributed by atoms with E-state index < -0.39 is 15.7 Å². The van der Waals surface area contributed by atoms with E-state index in [1.54, 1.807) is 12.1 Å². The SMILES string of the molecule is Nc1ccc(S(=O)(=O)Cc2ccc(I)cc2)c(F)c1. The molecule has 0 aliphatic heterocycles. The average Bonchev–Trinajstić information content (AvgIpc) is 2.31. The maximum atomic E-state index is 13.7. The molecule has 0 aliphatic rings. The quantitative estimate of drug-likeness (QED) is 0.647. The van der Waals surface area contributed by atoms with Crippen LogP contribution < -0.4 is 5.73 Å². The lowest BCUT2D eigenvalue weighted by Crippen LogP contribution is -2.07. The van der Waals surface area contributed by atoms with Crippen molar-refractivity contribution < 1.29 is 12.8 Å². The average molecular weight is 391 g/mol. The summed E-state index contributed by atoms with van der Waals surface area (Å²) in [5.74, 6) is -1.05. The van der Waals surface area contributed by atoms with E-state index in [2.05, 4.69) is 22.6 Å². The Bertz CT molecular complexity index is 699. The first-order valence-electron chi connectivity index (χ1n) is 5.41. The molecule has 0 bridgehead atoms. The van der Waals surface area contributed by atoms with E-state index in [1.165, 1.54) is 12.1 Å². The number of hydrogen-bond donors (Lipinski definition) is 1. The van der Waals surface area contributed by atoms with Gasteiger partial charge in [0, 0.05) is 9.26 Å². The third-order valence-electron chi connectivity index (χ3n) is 2.56. The Morgan fingerprint density at radius 2 is 1.74 bits per heavy atom. The smallest absolute Gasteiger partial charge is 0.185 e. The minimum atomic E-state index is -3.71. The fraction of sp³-hybridized carbons (Fsp3) is 0.0769. The standard InChI is InChI=1S/C13H11FINO2S/c14-12-7-11(16)5-6-13(12)19(17,18)8-9-1-3-10(15)4-2-9/h1-7H,8,16H2. The number of anilines is 1. The van der Waals surface area contributed by atoms with Gasteiger partial charge in [-0.05, 0) is 58.5 Å². The van der Waals surface area contributed by atoms with Crippen LogP contribution in [0.15, 0.2) is 47.4 Å². The predicted octanol–water partition coefficient (Wildman–Crippen LogP) is 2.99. The molecule has 2 aromatic rings. The molecule has 0 heterocycles. The molecule has 0 aromatic heterocycles. The highest BCUT2D eigenvalue weighted by atomic mass is 127. The van der Waals surface area contributed by atoms with E-state index in [0.717, 1.165) is 9.64 Å². The molecule has 3 nitrogen and oxygen atoms in total. The van der Waals surface area contributed by atoms with Gasteiger partial charge in [-0.25, -0.2) is 12.8 Å². The van der Waals surface area contributed by atoms with Crippen molar-refractivity contribution in [3.8, 4) is 0 Å². The molecular weight excluding hydrogens is 380 g/mol. The zero-order chi connectivity index (χ0) is 14.0. The van der Waals surface area contributed by atoms with Gasteiger partial charge < -0.3 is 5.73 Å². The van der Waals surface area contributed by atoms with Gasteiger partial charge in [0.2, 0.25) is 0 Å². The molecule has 0 spiro atoms. The van der Waals surface area contributed by atoms with Gasteiger partial charge in [0.15, 0.2) is 9.84 Å². The van der Waals surface area contributed by atoms with Crippen LogP contribution in [-0.4, -0.2) is 8.42 Å². The number of rotatable bonds is 3. The number of nitrogen functional groups attached to an aromatic ring is 1. The summed E-state index contributed by atoms with van der Waals surface area (Å²) >= 11 is 2.13. The molecule has 0 unspecified atom stereocenters. The van der Waals surface area contributed by atoms with E-state index in [9.17, 15) is 12.8 Å². The summed E-state index contributed by atoms with van der Waals surface area (Å²) in [6, 6.07) is 10.6. The van der Waals surface area contributed by atoms with Crippen LogP contribution in [0, 0.1) is 9.39 Å². The lowest BCUT2D eigenvalue weighted by Gasteiger charge is -2.06. The zero-order valence-corrected chi connectivity index (χ0v) is 12.8. The van der Waals surface area contributed by atoms with Crippen molar-refractivity contribution in [2.45, 2.75) is 10.6 Å². The minimum Gasteiger partial charge on any atom is -0.399 e. The third kappa shape index (κ3) is 3.44. The second kappa shape index (κ2) is 5.46. The Morgan fingerprint density at radius 3 is 2.32 bits per heavy atom. The van der Waals surface area contributed by atoms with Crippen molar-refractivity contribution in [2.24, 2.45) is 0 Å². The molecule has 2 aromatic carbocycles. The predicted molar refractivity (Wildman–Crippen MR) is 80.9 cm³/mol. The Morgan fingerprint density at radius 1 is 1.11 bits per heavy atom. The van der Waals surface area contributed by atoms with Crippen LogP contribution in [-0.2, 0) is 15.6 Å². The molecule has 6 heteroatoms. The second-order valence-corrected chi connectivity index (χ2v) is 7.28. The van der Waals surface area contributed by atoms with Gasteiger partial charge >= 0.3 is 0 Å². The third-order valence-corrected chi connectivity index (χ3v) is 4.99. The lowest BCUT2D eigenvalue weighted by molar-refractivity contribution is 0.567. The van der Waals surface area contributed by atoms with Gasteiger partial charge in [-0.1, -0.05) is 12.1 Å². The molecule has 19 heavy (non-hydrogen) atoms. The summed E-state index contributed by atoms with van der Waals surface area (Å²) < 4.78 is 38.9. The van der Waals surface area contributed by atoms with Crippen molar-refractivity contribution >= 4 is 38.1 Å². The highest BCUT2D eigenvalue weighted by Crippen LogP contribution is 2.21. The Labute approximate surface area is 124 Å². The van der Waals surface area contributed by atoms with Crippen LogP contribution in [0.3, 0.4) is 0 Å².